The molecule has 0 unspecified atom stereocenters. The molecule has 6 N–H and O–H groups in total. The summed E-state index contributed by atoms with van der Waals surface area (Å²) in [5, 5.41) is 22.5. The Hall–Kier alpha value is -1.54. The van der Waals surface area contributed by atoms with Crippen molar-refractivity contribution in [2.24, 2.45) is 5.73 Å². The van der Waals surface area contributed by atoms with Crippen LogP contribution in [0.25, 0.3) is 0 Å². The molecule has 1 fully saturated rings. The molecule has 8 heteroatoms. The van der Waals surface area contributed by atoms with Crippen molar-refractivity contribution in [3.05, 3.63) is 0 Å². The Morgan fingerprint density at radius 3 is 2.37 bits per heavy atom. The molecule has 1 rings (SSSR count). The average Bonchev–Trinajstić information content (AvgIpc) is 2.17. The summed E-state index contributed by atoms with van der Waals surface area (Å²) in [5.41, 5.74) is 3.53. The molecule has 2 atom stereocenters. The van der Waals surface area contributed by atoms with Crippen LogP contribution in [0.5, 0.6) is 0 Å². The van der Waals surface area contributed by atoms with Crippen molar-refractivity contribution in [2.45, 2.75) is 44.9 Å². The first-order valence-corrected chi connectivity index (χ1v) is 5.98. The zero-order valence-corrected chi connectivity index (χ0v) is 11.5. The minimum Gasteiger partial charge on any atom is -0.465 e. The zero-order valence-electron chi connectivity index (χ0n) is 11.5. The van der Waals surface area contributed by atoms with Gasteiger partial charge in [0.25, 0.3) is 0 Å². The smallest absolute Gasteiger partial charge is 0.407 e. The summed E-state index contributed by atoms with van der Waals surface area (Å²) >= 11 is 0. The number of piperidine rings is 1. The van der Waals surface area contributed by atoms with Crippen LogP contribution in [0, 0.1) is 0 Å². The van der Waals surface area contributed by atoms with Gasteiger partial charge in [-0.05, 0) is 33.7 Å². The number of hydrogen-bond acceptors (Lipinski definition) is 5. The van der Waals surface area contributed by atoms with E-state index >= 15 is 0 Å². The van der Waals surface area contributed by atoms with E-state index in [1.807, 2.05) is 20.8 Å². The van der Waals surface area contributed by atoms with Gasteiger partial charge in [0.1, 0.15) is 5.60 Å². The predicted octanol–water partition coefficient (Wildman–Crippen LogP) is -0.143. The van der Waals surface area contributed by atoms with Crippen molar-refractivity contribution < 1.29 is 24.5 Å². The normalized spacial score (nSPS) is 22.7. The van der Waals surface area contributed by atoms with Crippen LogP contribution in [-0.2, 0) is 4.74 Å². The fourth-order valence-corrected chi connectivity index (χ4v) is 1.47. The summed E-state index contributed by atoms with van der Waals surface area (Å²) in [6.07, 6.45) is -1.61. The second-order valence-electron chi connectivity index (χ2n) is 5.15. The summed E-state index contributed by atoms with van der Waals surface area (Å²) in [7, 11) is 0. The zero-order chi connectivity index (χ0) is 15.1. The number of aliphatic hydroxyl groups is 1. The first-order chi connectivity index (χ1) is 8.61. The number of aliphatic hydroxyl groups excluding tert-OH is 1. The molecule has 8 nitrogen and oxygen atoms in total. The molecular weight excluding hydrogens is 254 g/mol. The Morgan fingerprint density at radius 1 is 1.42 bits per heavy atom. The Morgan fingerprint density at radius 2 is 1.95 bits per heavy atom. The topological polar surface area (TPSA) is 134 Å². The molecule has 19 heavy (non-hydrogen) atoms. The highest BCUT2D eigenvalue weighted by Gasteiger charge is 2.26. The maximum Gasteiger partial charge on any atom is 0.407 e. The third-order valence-corrected chi connectivity index (χ3v) is 2.15. The van der Waals surface area contributed by atoms with Gasteiger partial charge in [-0.25, -0.2) is 9.59 Å². The van der Waals surface area contributed by atoms with Crippen LogP contribution in [0.2, 0.25) is 0 Å². The molecule has 1 aliphatic heterocycles. The van der Waals surface area contributed by atoms with Gasteiger partial charge in [0.2, 0.25) is 0 Å². The highest BCUT2D eigenvalue weighted by atomic mass is 16.6. The van der Waals surface area contributed by atoms with E-state index in [2.05, 4.69) is 16.4 Å². The van der Waals surface area contributed by atoms with Crippen LogP contribution < -0.4 is 16.4 Å². The number of alkyl carbamates (subject to hydrolysis) is 1. The van der Waals surface area contributed by atoms with Gasteiger partial charge in [-0.1, -0.05) is 0 Å². The highest BCUT2D eigenvalue weighted by molar-refractivity contribution is 5.68. The van der Waals surface area contributed by atoms with Gasteiger partial charge >= 0.3 is 12.2 Å². The van der Waals surface area contributed by atoms with Crippen molar-refractivity contribution in [1.29, 1.82) is 0 Å². The number of nitrogens with two attached hydrogens (primary N) is 1. The van der Waals surface area contributed by atoms with Crippen LogP contribution in [0.15, 0.2) is 0 Å². The Labute approximate surface area is 112 Å². The monoisotopic (exact) mass is 277 g/mol. The van der Waals surface area contributed by atoms with E-state index in [4.69, 9.17) is 14.6 Å². The minimum atomic E-state index is -1.33. The Balaban J connectivity index is 0.000000711. The van der Waals surface area contributed by atoms with Crippen LogP contribution in [0.1, 0.15) is 27.2 Å². The molecule has 0 bridgehead atoms. The molecule has 0 aromatic carbocycles. The number of nitrogens with one attached hydrogen (secondary N) is 2. The van der Waals surface area contributed by atoms with Gasteiger partial charge in [-0.3, -0.25) is 0 Å². The Bertz CT molecular complexity index is 299. The second-order valence-corrected chi connectivity index (χ2v) is 5.15. The molecule has 0 spiro atoms. The first kappa shape index (κ1) is 17.5. The van der Waals surface area contributed by atoms with E-state index in [9.17, 15) is 9.90 Å². The first-order valence-electron chi connectivity index (χ1n) is 5.98. The summed E-state index contributed by atoms with van der Waals surface area (Å²) in [6.45, 7) is 6.75. The van der Waals surface area contributed by atoms with Crippen molar-refractivity contribution in [2.75, 3.05) is 13.1 Å². The number of primary amides is 1. The van der Waals surface area contributed by atoms with Gasteiger partial charge in [-0.2, -0.15) is 0 Å². The third-order valence-electron chi connectivity index (χ3n) is 2.15. The molecule has 0 radical (unpaired) electrons. The number of amides is 2. The second kappa shape index (κ2) is 7.80. The quantitative estimate of drug-likeness (QED) is 0.453. The van der Waals surface area contributed by atoms with E-state index in [1.54, 1.807) is 0 Å². The van der Waals surface area contributed by atoms with Gasteiger partial charge in [0, 0.05) is 6.54 Å². The predicted molar refractivity (Wildman–Crippen MR) is 68.9 cm³/mol. The SMILES string of the molecule is CC(C)(C)OC(=O)N[C@H]1CCNC[C@H]1O.NC(=O)O. The summed E-state index contributed by atoms with van der Waals surface area (Å²) < 4.78 is 5.11. The van der Waals surface area contributed by atoms with Crippen molar-refractivity contribution in [3.8, 4) is 0 Å². The van der Waals surface area contributed by atoms with Gasteiger partial charge in [0.15, 0.2) is 0 Å². The van der Waals surface area contributed by atoms with E-state index in [0.717, 1.165) is 13.0 Å². The molecule has 0 aromatic heterocycles. The Kier molecular flexibility index (Phi) is 7.17. The van der Waals surface area contributed by atoms with Gasteiger partial charge in [0.05, 0.1) is 12.1 Å². The maximum absolute atomic E-state index is 11.4. The minimum absolute atomic E-state index is 0.207. The maximum atomic E-state index is 11.4. The molecule has 112 valence electrons. The van der Waals surface area contributed by atoms with Crippen LogP contribution in [0.3, 0.4) is 0 Å². The van der Waals surface area contributed by atoms with Crippen LogP contribution in [-0.4, -0.2) is 53.2 Å². The van der Waals surface area contributed by atoms with Gasteiger partial charge < -0.3 is 31.3 Å². The van der Waals surface area contributed by atoms with Gasteiger partial charge in [-0.15, -0.1) is 0 Å². The fourth-order valence-electron chi connectivity index (χ4n) is 1.47. The lowest BCUT2D eigenvalue weighted by Crippen LogP contribution is -2.53. The third kappa shape index (κ3) is 10.1. The molecule has 2 amide bonds. The molecule has 1 aliphatic rings. The molecule has 0 aromatic rings. The molecule has 0 saturated carbocycles. The lowest BCUT2D eigenvalue weighted by Gasteiger charge is -2.30. The van der Waals surface area contributed by atoms with E-state index in [1.165, 1.54) is 0 Å². The van der Waals surface area contributed by atoms with E-state index < -0.39 is 23.9 Å². The lowest BCUT2D eigenvalue weighted by atomic mass is 10.0. The number of carbonyl (C=O) groups is 2. The van der Waals surface area contributed by atoms with Crippen molar-refractivity contribution >= 4 is 12.2 Å². The van der Waals surface area contributed by atoms with Crippen molar-refractivity contribution in [1.82, 2.24) is 10.6 Å². The number of β-amino-alcohol motifs (C(OH)–C–C–N with tert-alkyl or cyclic N) is 1. The van der Waals surface area contributed by atoms with Crippen LogP contribution in [0.4, 0.5) is 9.59 Å². The number of carboxylic acid groups (broad SMARTS) is 1. The number of rotatable bonds is 1. The number of ether oxygens (including phenoxy) is 1. The van der Waals surface area contributed by atoms with E-state index in [0.29, 0.717) is 6.54 Å². The molecular formula is C11H23N3O5. The molecule has 1 saturated heterocycles. The number of hydrogen-bond donors (Lipinski definition) is 5. The highest BCUT2D eigenvalue weighted by Crippen LogP contribution is 2.09. The van der Waals surface area contributed by atoms with Crippen LogP contribution >= 0.6 is 0 Å². The summed E-state index contributed by atoms with van der Waals surface area (Å²) in [4.78, 5) is 20.2. The fraction of sp³-hybridized carbons (Fsp3) is 0.818. The largest absolute Gasteiger partial charge is 0.465 e. The summed E-state index contributed by atoms with van der Waals surface area (Å²) in [5.74, 6) is 0. The standard InChI is InChI=1S/C10H20N2O3.CH3NO2/c1-10(2,3)15-9(14)12-7-4-5-11-6-8(7)13;2-1(3)4/h7-8,11,13H,4-6H2,1-3H3,(H,12,14);2H2,(H,3,4)/t7-,8+;/m0./s1. The lowest BCUT2D eigenvalue weighted by molar-refractivity contribution is 0.0386. The number of carbonyl (C=O) groups excluding carboxylic acids is 1. The average molecular weight is 277 g/mol. The van der Waals surface area contributed by atoms with E-state index in [-0.39, 0.29) is 6.04 Å². The molecule has 1 heterocycles. The summed E-state index contributed by atoms with van der Waals surface area (Å²) in [6, 6.07) is -0.207. The van der Waals surface area contributed by atoms with Crippen molar-refractivity contribution in [3.63, 3.8) is 0 Å². The molecule has 0 aliphatic carbocycles.